The second-order valence-electron chi connectivity index (χ2n) is 4.34. The number of carboxylic acids is 1. The average Bonchev–Trinajstić information content (AvgIpc) is 2.38. The van der Waals surface area contributed by atoms with Gasteiger partial charge in [-0.25, -0.2) is 9.78 Å². The van der Waals surface area contributed by atoms with Gasteiger partial charge in [-0.3, -0.25) is 0 Å². The van der Waals surface area contributed by atoms with Gasteiger partial charge in [0.2, 0.25) is 0 Å². The number of hydrogen-bond acceptors (Lipinski definition) is 3. The van der Waals surface area contributed by atoms with Crippen molar-refractivity contribution in [2.75, 3.05) is 5.32 Å². The molecule has 0 aliphatic rings. The fourth-order valence-corrected chi connectivity index (χ4v) is 1.75. The lowest BCUT2D eigenvalue weighted by molar-refractivity contribution is 0.0691. The van der Waals surface area contributed by atoms with Gasteiger partial charge in [0.1, 0.15) is 5.82 Å². The molecule has 0 amide bonds. The van der Waals surface area contributed by atoms with Crippen LogP contribution < -0.4 is 5.32 Å². The molecule has 2 N–H and O–H groups in total. The highest BCUT2D eigenvalue weighted by molar-refractivity contribution is 5.97. The molecule has 1 aromatic carbocycles. The quantitative estimate of drug-likeness (QED) is 0.867. The molecular formula is C14H16N2O2. The molecule has 0 aliphatic carbocycles. The van der Waals surface area contributed by atoms with Gasteiger partial charge in [-0.05, 0) is 24.8 Å². The number of nitrogens with one attached hydrogen (secondary N) is 1. The fourth-order valence-electron chi connectivity index (χ4n) is 1.75. The lowest BCUT2D eigenvalue weighted by Crippen LogP contribution is -2.16. The Labute approximate surface area is 106 Å². The maximum absolute atomic E-state index is 11.1. The van der Waals surface area contributed by atoms with E-state index in [1.165, 1.54) is 0 Å². The summed E-state index contributed by atoms with van der Waals surface area (Å²) in [5.41, 5.74) is 0.0690. The molecule has 1 atom stereocenters. The van der Waals surface area contributed by atoms with Crippen LogP contribution in [0.25, 0.3) is 10.8 Å². The van der Waals surface area contributed by atoms with Crippen molar-refractivity contribution in [1.82, 2.24) is 4.98 Å². The lowest BCUT2D eigenvalue weighted by Gasteiger charge is -2.14. The SMILES string of the molecule is CCC(C)Nc1nc(C(=O)O)cc2ccccc12. The van der Waals surface area contributed by atoms with Crippen LogP contribution in [0.1, 0.15) is 30.8 Å². The largest absolute Gasteiger partial charge is 0.477 e. The van der Waals surface area contributed by atoms with Gasteiger partial charge in [-0.1, -0.05) is 31.2 Å². The number of benzene rings is 1. The molecular weight excluding hydrogens is 228 g/mol. The van der Waals surface area contributed by atoms with E-state index in [-0.39, 0.29) is 11.7 Å². The van der Waals surface area contributed by atoms with Crippen molar-refractivity contribution >= 4 is 22.6 Å². The maximum atomic E-state index is 11.1. The highest BCUT2D eigenvalue weighted by Crippen LogP contribution is 2.23. The summed E-state index contributed by atoms with van der Waals surface area (Å²) < 4.78 is 0. The number of nitrogens with zero attached hydrogens (tertiary/aromatic N) is 1. The lowest BCUT2D eigenvalue weighted by atomic mass is 10.1. The second-order valence-corrected chi connectivity index (χ2v) is 4.34. The predicted octanol–water partition coefficient (Wildman–Crippen LogP) is 3.14. The van der Waals surface area contributed by atoms with Crippen molar-refractivity contribution in [3.8, 4) is 0 Å². The van der Waals surface area contributed by atoms with Gasteiger partial charge in [0.25, 0.3) is 0 Å². The molecule has 0 saturated heterocycles. The molecule has 94 valence electrons. The summed E-state index contributed by atoms with van der Waals surface area (Å²) in [5.74, 6) is -0.368. The Morgan fingerprint density at radius 3 is 2.83 bits per heavy atom. The zero-order valence-electron chi connectivity index (χ0n) is 10.5. The van der Waals surface area contributed by atoms with E-state index in [1.54, 1.807) is 6.07 Å². The number of anilines is 1. The van der Waals surface area contributed by atoms with Crippen molar-refractivity contribution in [2.45, 2.75) is 26.3 Å². The minimum absolute atomic E-state index is 0.0690. The molecule has 0 bridgehead atoms. The Bertz CT molecular complexity index is 581. The number of fused-ring (bicyclic) bond motifs is 1. The molecule has 4 nitrogen and oxygen atoms in total. The first-order valence-corrected chi connectivity index (χ1v) is 6.01. The van der Waals surface area contributed by atoms with Gasteiger partial charge in [-0.2, -0.15) is 0 Å². The molecule has 1 unspecified atom stereocenters. The summed E-state index contributed by atoms with van der Waals surface area (Å²) in [4.78, 5) is 15.2. The molecule has 0 radical (unpaired) electrons. The Morgan fingerprint density at radius 2 is 2.17 bits per heavy atom. The van der Waals surface area contributed by atoms with Crippen molar-refractivity contribution in [2.24, 2.45) is 0 Å². The molecule has 4 heteroatoms. The molecule has 0 saturated carbocycles. The first kappa shape index (κ1) is 12.4. The van der Waals surface area contributed by atoms with E-state index in [2.05, 4.69) is 17.2 Å². The topological polar surface area (TPSA) is 62.2 Å². The van der Waals surface area contributed by atoms with Crippen LogP contribution in [0.15, 0.2) is 30.3 Å². The van der Waals surface area contributed by atoms with E-state index < -0.39 is 5.97 Å². The van der Waals surface area contributed by atoms with Gasteiger partial charge in [-0.15, -0.1) is 0 Å². The Kier molecular flexibility index (Phi) is 3.46. The summed E-state index contributed by atoms with van der Waals surface area (Å²) >= 11 is 0. The number of rotatable bonds is 4. The maximum Gasteiger partial charge on any atom is 0.354 e. The van der Waals surface area contributed by atoms with Crippen LogP contribution in [0.5, 0.6) is 0 Å². The first-order valence-electron chi connectivity index (χ1n) is 6.01. The van der Waals surface area contributed by atoms with Crippen molar-refractivity contribution in [3.63, 3.8) is 0 Å². The number of hydrogen-bond donors (Lipinski definition) is 2. The van der Waals surface area contributed by atoms with Gasteiger partial charge < -0.3 is 10.4 Å². The van der Waals surface area contributed by atoms with Crippen molar-refractivity contribution in [3.05, 3.63) is 36.0 Å². The smallest absolute Gasteiger partial charge is 0.354 e. The first-order chi connectivity index (χ1) is 8.61. The number of aromatic nitrogens is 1. The predicted molar refractivity (Wildman–Crippen MR) is 72.1 cm³/mol. The third kappa shape index (κ3) is 2.42. The normalized spacial score (nSPS) is 12.3. The van der Waals surface area contributed by atoms with Crippen molar-refractivity contribution in [1.29, 1.82) is 0 Å². The third-order valence-electron chi connectivity index (χ3n) is 2.95. The van der Waals surface area contributed by atoms with E-state index >= 15 is 0 Å². The number of carboxylic acid groups (broad SMARTS) is 1. The van der Waals surface area contributed by atoms with Crippen LogP contribution >= 0.6 is 0 Å². The Morgan fingerprint density at radius 1 is 1.44 bits per heavy atom. The van der Waals surface area contributed by atoms with E-state index in [9.17, 15) is 4.79 Å². The zero-order valence-corrected chi connectivity index (χ0v) is 10.5. The van der Waals surface area contributed by atoms with Crippen molar-refractivity contribution < 1.29 is 9.90 Å². The van der Waals surface area contributed by atoms with Crippen LogP contribution in [0, 0.1) is 0 Å². The molecule has 2 aromatic rings. The summed E-state index contributed by atoms with van der Waals surface area (Å²) in [6, 6.07) is 9.50. The fraction of sp³-hybridized carbons (Fsp3) is 0.286. The van der Waals surface area contributed by atoms with E-state index in [1.807, 2.05) is 31.2 Å². The van der Waals surface area contributed by atoms with Gasteiger partial charge in [0, 0.05) is 11.4 Å². The van der Waals surface area contributed by atoms with Crippen LogP contribution in [0.2, 0.25) is 0 Å². The minimum Gasteiger partial charge on any atom is -0.477 e. The van der Waals surface area contributed by atoms with Crippen LogP contribution in [-0.2, 0) is 0 Å². The minimum atomic E-state index is -1.01. The molecule has 0 fully saturated rings. The second kappa shape index (κ2) is 5.04. The van der Waals surface area contributed by atoms with E-state index in [0.29, 0.717) is 5.82 Å². The molecule has 1 heterocycles. The highest BCUT2D eigenvalue weighted by Gasteiger charge is 2.11. The Hall–Kier alpha value is -2.10. The summed E-state index contributed by atoms with van der Waals surface area (Å²) in [6.07, 6.45) is 0.952. The molecule has 0 aliphatic heterocycles. The van der Waals surface area contributed by atoms with Crippen LogP contribution in [-0.4, -0.2) is 22.1 Å². The highest BCUT2D eigenvalue weighted by atomic mass is 16.4. The van der Waals surface area contributed by atoms with E-state index in [4.69, 9.17) is 5.11 Å². The van der Waals surface area contributed by atoms with Gasteiger partial charge in [0.05, 0.1) is 0 Å². The van der Waals surface area contributed by atoms with Crippen LogP contribution in [0.3, 0.4) is 0 Å². The molecule has 1 aromatic heterocycles. The molecule has 0 spiro atoms. The summed E-state index contributed by atoms with van der Waals surface area (Å²) in [5, 5.41) is 14.2. The zero-order chi connectivity index (χ0) is 13.1. The van der Waals surface area contributed by atoms with Crippen LogP contribution in [0.4, 0.5) is 5.82 Å². The standard InChI is InChI=1S/C14H16N2O2/c1-3-9(2)15-13-11-7-5-4-6-10(11)8-12(16-13)14(17)18/h4-9H,3H2,1-2H3,(H,15,16)(H,17,18). The Balaban J connectivity index is 2.57. The molecule has 18 heavy (non-hydrogen) atoms. The molecule has 2 rings (SSSR count). The van der Waals surface area contributed by atoms with Gasteiger partial charge >= 0.3 is 5.97 Å². The number of carbonyl (C=O) groups is 1. The summed E-state index contributed by atoms with van der Waals surface area (Å²) in [6.45, 7) is 4.12. The monoisotopic (exact) mass is 244 g/mol. The number of aromatic carboxylic acids is 1. The third-order valence-corrected chi connectivity index (χ3v) is 2.95. The summed E-state index contributed by atoms with van der Waals surface area (Å²) in [7, 11) is 0. The average molecular weight is 244 g/mol. The van der Waals surface area contributed by atoms with Gasteiger partial charge in [0.15, 0.2) is 5.69 Å². The van der Waals surface area contributed by atoms with E-state index in [0.717, 1.165) is 17.2 Å². The number of pyridine rings is 1.